The van der Waals surface area contributed by atoms with E-state index in [1.54, 1.807) is 17.8 Å². The second-order valence-electron chi connectivity index (χ2n) is 9.20. The van der Waals surface area contributed by atoms with Crippen LogP contribution in [0.15, 0.2) is 36.5 Å². The molecule has 0 saturated carbocycles. The number of benzene rings is 1. The van der Waals surface area contributed by atoms with Crippen LogP contribution in [0.25, 0.3) is 22.2 Å². The maximum atomic E-state index is 13.2. The molecule has 0 atom stereocenters. The van der Waals surface area contributed by atoms with Crippen LogP contribution in [0.2, 0.25) is 0 Å². The number of esters is 1. The molecule has 5 rings (SSSR count). The minimum Gasteiger partial charge on any atom is -0.462 e. The second kappa shape index (κ2) is 10.2. The monoisotopic (exact) mass is 502 g/mol. The van der Waals surface area contributed by atoms with Crippen LogP contribution in [-0.2, 0) is 28.9 Å². The molecule has 0 saturated heterocycles. The topological polar surface area (TPSA) is 86.1 Å². The summed E-state index contributed by atoms with van der Waals surface area (Å²) in [5, 5.41) is 9.15. The molecular weight excluding hydrogens is 472 g/mol. The minimum atomic E-state index is -0.364. The van der Waals surface area contributed by atoms with Gasteiger partial charge in [0.25, 0.3) is 0 Å². The molecule has 1 N–H and O–H groups in total. The zero-order valence-corrected chi connectivity index (χ0v) is 21.7. The summed E-state index contributed by atoms with van der Waals surface area (Å²) in [5.74, 6) is -0.610. The highest BCUT2D eigenvalue weighted by Crippen LogP contribution is 2.38. The van der Waals surface area contributed by atoms with E-state index >= 15 is 0 Å². The number of carbonyl (C=O) groups excluding carboxylic acids is 2. The number of nitrogens with zero attached hydrogens (tertiary/aromatic N) is 3. The predicted molar refractivity (Wildman–Crippen MR) is 143 cm³/mol. The Morgan fingerprint density at radius 1 is 1.08 bits per heavy atom. The minimum absolute atomic E-state index is 0.000473. The number of fused-ring (bicyclic) bond motifs is 2. The van der Waals surface area contributed by atoms with Crippen molar-refractivity contribution in [3.05, 3.63) is 63.8 Å². The van der Waals surface area contributed by atoms with Gasteiger partial charge in [-0.15, -0.1) is 11.3 Å². The Labute approximate surface area is 214 Å². The van der Waals surface area contributed by atoms with Gasteiger partial charge >= 0.3 is 5.97 Å². The van der Waals surface area contributed by atoms with Crippen molar-refractivity contribution in [2.45, 2.75) is 59.4 Å². The highest BCUT2D eigenvalue weighted by molar-refractivity contribution is 7.17. The zero-order valence-electron chi connectivity index (χ0n) is 20.9. The van der Waals surface area contributed by atoms with Gasteiger partial charge in [-0.1, -0.05) is 36.2 Å². The molecule has 8 heteroatoms. The van der Waals surface area contributed by atoms with Gasteiger partial charge in [0.05, 0.1) is 17.9 Å². The number of aromatic nitrogens is 3. The van der Waals surface area contributed by atoms with Crippen molar-refractivity contribution >= 4 is 39.2 Å². The molecule has 4 aromatic rings. The van der Waals surface area contributed by atoms with Crippen molar-refractivity contribution in [3.63, 3.8) is 0 Å². The molecule has 1 amide bonds. The summed E-state index contributed by atoms with van der Waals surface area (Å²) < 4.78 is 6.99. The molecule has 0 aliphatic heterocycles. The lowest BCUT2D eigenvalue weighted by molar-refractivity contribution is -0.116. The van der Waals surface area contributed by atoms with Crippen LogP contribution < -0.4 is 5.32 Å². The van der Waals surface area contributed by atoms with Crippen LogP contribution in [0.1, 0.15) is 58.2 Å². The Morgan fingerprint density at radius 2 is 1.86 bits per heavy atom. The number of thiophene rings is 1. The number of hydrogen-bond acceptors (Lipinski definition) is 6. The third kappa shape index (κ3) is 4.65. The van der Waals surface area contributed by atoms with Crippen LogP contribution in [-0.4, -0.2) is 33.2 Å². The average Bonchev–Trinajstić information content (AvgIpc) is 3.26. The predicted octanol–water partition coefficient (Wildman–Crippen LogP) is 5.86. The molecule has 1 aromatic carbocycles. The number of nitrogens with one attached hydrogen (secondary N) is 1. The average molecular weight is 503 g/mol. The Morgan fingerprint density at radius 3 is 2.64 bits per heavy atom. The first kappa shape index (κ1) is 24.2. The number of carbonyl (C=O) groups is 2. The molecule has 1 aliphatic carbocycles. The van der Waals surface area contributed by atoms with Gasteiger partial charge in [-0.25, -0.2) is 14.5 Å². The van der Waals surface area contributed by atoms with Gasteiger partial charge in [0.2, 0.25) is 5.91 Å². The summed E-state index contributed by atoms with van der Waals surface area (Å²) >= 11 is 1.50. The number of ether oxygens (including phenoxy) is 1. The van der Waals surface area contributed by atoms with E-state index in [9.17, 15) is 9.59 Å². The Bertz CT molecular complexity index is 1440. The van der Waals surface area contributed by atoms with Gasteiger partial charge in [0, 0.05) is 16.5 Å². The largest absolute Gasteiger partial charge is 0.462 e. The summed E-state index contributed by atoms with van der Waals surface area (Å²) in [6.45, 7) is 6.09. The maximum absolute atomic E-state index is 13.2. The molecule has 3 heterocycles. The Balaban J connectivity index is 1.44. The third-order valence-corrected chi connectivity index (χ3v) is 7.82. The van der Waals surface area contributed by atoms with Gasteiger partial charge in [0.15, 0.2) is 5.65 Å². The number of rotatable bonds is 6. The molecule has 186 valence electrons. The van der Waals surface area contributed by atoms with Crippen LogP contribution in [0.4, 0.5) is 5.00 Å². The van der Waals surface area contributed by atoms with Crippen LogP contribution in [0.5, 0.6) is 0 Å². The van der Waals surface area contributed by atoms with E-state index < -0.39 is 0 Å². The number of hydrogen-bond donors (Lipinski definition) is 1. The standard InChI is InChI=1S/C28H30N4O3S/c1-4-35-28(34)25-21-8-6-5-7-9-22(21)36-27(25)30-23(33)16-32-26-24(18(3)31-32)20(14-15-29-26)19-12-10-17(2)11-13-19/h10-15H,4-9,16H2,1-3H3,(H,30,33). The van der Waals surface area contributed by atoms with E-state index in [-0.39, 0.29) is 18.4 Å². The fourth-order valence-electron chi connectivity index (χ4n) is 4.92. The van der Waals surface area contributed by atoms with E-state index in [1.165, 1.54) is 21.8 Å². The molecule has 0 radical (unpaired) electrons. The van der Waals surface area contributed by atoms with Gasteiger partial charge in [-0.3, -0.25) is 4.79 Å². The van der Waals surface area contributed by atoms with E-state index in [2.05, 4.69) is 46.6 Å². The summed E-state index contributed by atoms with van der Waals surface area (Å²) in [6, 6.07) is 10.3. The lowest BCUT2D eigenvalue weighted by Crippen LogP contribution is -2.21. The van der Waals surface area contributed by atoms with E-state index in [0.717, 1.165) is 59.9 Å². The first-order valence-electron chi connectivity index (χ1n) is 12.5. The van der Waals surface area contributed by atoms with Gasteiger partial charge in [0.1, 0.15) is 11.5 Å². The van der Waals surface area contributed by atoms with E-state index in [4.69, 9.17) is 4.74 Å². The van der Waals surface area contributed by atoms with Gasteiger partial charge in [-0.05, 0) is 69.2 Å². The smallest absolute Gasteiger partial charge is 0.341 e. The lowest BCUT2D eigenvalue weighted by atomic mass is 10.0. The number of pyridine rings is 1. The van der Waals surface area contributed by atoms with Crippen molar-refractivity contribution in [3.8, 4) is 11.1 Å². The van der Waals surface area contributed by atoms with Gasteiger partial charge < -0.3 is 10.1 Å². The Kier molecular flexibility index (Phi) is 6.87. The number of amides is 1. The summed E-state index contributed by atoms with van der Waals surface area (Å²) in [7, 11) is 0. The van der Waals surface area contributed by atoms with Crippen molar-refractivity contribution in [2.24, 2.45) is 0 Å². The molecule has 0 fully saturated rings. The molecule has 0 unspecified atom stereocenters. The van der Waals surface area contributed by atoms with Crippen LogP contribution in [0, 0.1) is 13.8 Å². The molecule has 3 aromatic heterocycles. The van der Waals surface area contributed by atoms with Crippen molar-refractivity contribution in [1.82, 2.24) is 14.8 Å². The molecule has 0 spiro atoms. The van der Waals surface area contributed by atoms with E-state index in [1.807, 2.05) is 13.0 Å². The fourth-order valence-corrected chi connectivity index (χ4v) is 6.21. The van der Waals surface area contributed by atoms with Gasteiger partial charge in [-0.2, -0.15) is 5.10 Å². The SMILES string of the molecule is CCOC(=O)c1c(NC(=O)Cn2nc(C)c3c(-c4ccc(C)cc4)ccnc32)sc2c1CCCCC2. The maximum Gasteiger partial charge on any atom is 0.341 e. The summed E-state index contributed by atoms with van der Waals surface area (Å²) in [5.41, 5.74) is 6.35. The highest BCUT2D eigenvalue weighted by atomic mass is 32.1. The Hall–Kier alpha value is -3.52. The fraction of sp³-hybridized carbons (Fsp3) is 0.357. The molecule has 0 bridgehead atoms. The summed E-state index contributed by atoms with van der Waals surface area (Å²) in [4.78, 5) is 31.7. The first-order chi connectivity index (χ1) is 17.5. The zero-order chi connectivity index (χ0) is 25.2. The summed E-state index contributed by atoms with van der Waals surface area (Å²) in [6.07, 6.45) is 6.80. The quantitative estimate of drug-likeness (QED) is 0.264. The van der Waals surface area contributed by atoms with Crippen LogP contribution >= 0.6 is 11.3 Å². The molecule has 7 nitrogen and oxygen atoms in total. The normalized spacial score (nSPS) is 13.3. The van der Waals surface area contributed by atoms with Crippen molar-refractivity contribution in [1.29, 1.82) is 0 Å². The van der Waals surface area contributed by atoms with Crippen molar-refractivity contribution in [2.75, 3.05) is 11.9 Å². The molecule has 36 heavy (non-hydrogen) atoms. The third-order valence-electron chi connectivity index (χ3n) is 6.62. The van der Waals surface area contributed by atoms with Crippen molar-refractivity contribution < 1.29 is 14.3 Å². The molecule has 1 aliphatic rings. The number of anilines is 1. The molecular formula is C28H30N4O3S. The van der Waals surface area contributed by atoms with E-state index in [0.29, 0.717) is 22.8 Å². The first-order valence-corrected chi connectivity index (χ1v) is 13.3. The highest BCUT2D eigenvalue weighted by Gasteiger charge is 2.27. The van der Waals surface area contributed by atoms with Crippen LogP contribution in [0.3, 0.4) is 0 Å². The second-order valence-corrected chi connectivity index (χ2v) is 10.3. The lowest BCUT2D eigenvalue weighted by Gasteiger charge is -2.09. The number of aryl methyl sites for hydroxylation is 3.